The molecule has 0 amide bonds. The topological polar surface area (TPSA) is 65.5 Å². The molecule has 1 N–H and O–H groups in total. The lowest BCUT2D eigenvalue weighted by Gasteiger charge is -2.06. The smallest absolute Gasteiger partial charge is 0.335 e. The maximum atomic E-state index is 10.9. The SMILES string of the molecule is Cc1cc2c(C#N)cc(-c3ccc(C(=O)O)cc3)n2cc1Cl. The molecule has 2 heterocycles. The molecule has 0 aliphatic carbocycles. The van der Waals surface area contributed by atoms with E-state index in [4.69, 9.17) is 16.7 Å². The molecular formula is C17H11ClN2O2. The molecule has 0 radical (unpaired) electrons. The number of carbonyl (C=O) groups is 1. The van der Waals surface area contributed by atoms with Crippen molar-refractivity contribution in [2.75, 3.05) is 0 Å². The summed E-state index contributed by atoms with van der Waals surface area (Å²) < 4.78 is 1.85. The van der Waals surface area contributed by atoms with Crippen molar-refractivity contribution >= 4 is 23.1 Å². The van der Waals surface area contributed by atoms with Gasteiger partial charge in [0, 0.05) is 6.20 Å². The normalized spacial score (nSPS) is 10.6. The van der Waals surface area contributed by atoms with Gasteiger partial charge < -0.3 is 9.51 Å². The van der Waals surface area contributed by atoms with Gasteiger partial charge in [-0.25, -0.2) is 4.79 Å². The third-order valence-corrected chi connectivity index (χ3v) is 3.99. The van der Waals surface area contributed by atoms with Gasteiger partial charge in [-0.3, -0.25) is 0 Å². The molecule has 1 aromatic carbocycles. The molecule has 0 aliphatic heterocycles. The summed E-state index contributed by atoms with van der Waals surface area (Å²) >= 11 is 6.18. The number of hydrogen-bond acceptors (Lipinski definition) is 2. The van der Waals surface area contributed by atoms with E-state index >= 15 is 0 Å². The van der Waals surface area contributed by atoms with E-state index in [2.05, 4.69) is 6.07 Å². The molecule has 3 rings (SSSR count). The number of aryl methyl sites for hydroxylation is 1. The van der Waals surface area contributed by atoms with Gasteiger partial charge in [0.25, 0.3) is 0 Å². The quantitative estimate of drug-likeness (QED) is 0.773. The van der Waals surface area contributed by atoms with Crippen LogP contribution in [0.1, 0.15) is 21.5 Å². The summed E-state index contributed by atoms with van der Waals surface area (Å²) in [6.45, 7) is 1.89. The van der Waals surface area contributed by atoms with E-state index in [0.717, 1.165) is 22.3 Å². The first-order chi connectivity index (χ1) is 10.5. The van der Waals surface area contributed by atoms with Crippen molar-refractivity contribution in [2.24, 2.45) is 0 Å². The average Bonchev–Trinajstić information content (AvgIpc) is 2.85. The molecule has 0 spiro atoms. The van der Waals surface area contributed by atoms with E-state index in [1.54, 1.807) is 36.5 Å². The van der Waals surface area contributed by atoms with Gasteiger partial charge in [0.2, 0.25) is 0 Å². The van der Waals surface area contributed by atoms with Crippen LogP contribution >= 0.6 is 11.6 Å². The lowest BCUT2D eigenvalue weighted by atomic mass is 10.1. The second kappa shape index (κ2) is 5.21. The van der Waals surface area contributed by atoms with Crippen molar-refractivity contribution in [3.05, 3.63) is 64.3 Å². The Morgan fingerprint density at radius 1 is 1.27 bits per heavy atom. The van der Waals surface area contributed by atoms with Gasteiger partial charge in [-0.1, -0.05) is 23.7 Å². The van der Waals surface area contributed by atoms with E-state index in [0.29, 0.717) is 10.6 Å². The van der Waals surface area contributed by atoms with Gasteiger partial charge in [0.05, 0.1) is 27.4 Å². The Bertz CT molecular complexity index is 934. The molecule has 0 bridgehead atoms. The number of hydrogen-bond donors (Lipinski definition) is 1. The van der Waals surface area contributed by atoms with E-state index in [1.165, 1.54) is 0 Å². The first-order valence-corrected chi connectivity index (χ1v) is 6.94. The number of nitrogens with zero attached hydrogens (tertiary/aromatic N) is 2. The van der Waals surface area contributed by atoms with Crippen LogP contribution in [0.2, 0.25) is 5.02 Å². The van der Waals surface area contributed by atoms with Gasteiger partial charge in [-0.05, 0) is 42.3 Å². The van der Waals surface area contributed by atoms with Gasteiger partial charge >= 0.3 is 5.97 Å². The summed E-state index contributed by atoms with van der Waals surface area (Å²) in [5, 5.41) is 18.9. The van der Waals surface area contributed by atoms with Crippen molar-refractivity contribution in [3.8, 4) is 17.3 Å². The highest BCUT2D eigenvalue weighted by Crippen LogP contribution is 2.29. The van der Waals surface area contributed by atoms with Crippen LogP contribution in [0.4, 0.5) is 0 Å². The number of fused-ring (bicyclic) bond motifs is 1. The number of carboxylic acids is 1. The van der Waals surface area contributed by atoms with Crippen molar-refractivity contribution in [2.45, 2.75) is 6.92 Å². The Morgan fingerprint density at radius 3 is 2.55 bits per heavy atom. The van der Waals surface area contributed by atoms with E-state index in [9.17, 15) is 10.1 Å². The third kappa shape index (κ3) is 2.22. The summed E-state index contributed by atoms with van der Waals surface area (Å²) in [4.78, 5) is 10.9. The first kappa shape index (κ1) is 14.2. The number of nitriles is 1. The van der Waals surface area contributed by atoms with Crippen molar-refractivity contribution in [3.63, 3.8) is 0 Å². The standard InChI is InChI=1S/C17H11ClN2O2/c1-10-6-15-13(8-19)7-16(20(15)9-14(10)18)11-2-4-12(5-3-11)17(21)22/h2-7,9H,1H3,(H,21,22). The second-order valence-electron chi connectivity index (χ2n) is 5.00. The summed E-state index contributed by atoms with van der Waals surface area (Å²) in [6, 6.07) is 12.4. The van der Waals surface area contributed by atoms with Crippen LogP contribution in [-0.2, 0) is 0 Å². The second-order valence-corrected chi connectivity index (χ2v) is 5.40. The zero-order chi connectivity index (χ0) is 15.9. The maximum absolute atomic E-state index is 10.9. The van der Waals surface area contributed by atoms with Crippen molar-refractivity contribution < 1.29 is 9.90 Å². The molecule has 5 heteroatoms. The van der Waals surface area contributed by atoms with Gasteiger partial charge in [-0.2, -0.15) is 5.26 Å². The maximum Gasteiger partial charge on any atom is 0.335 e. The molecule has 3 aromatic rings. The summed E-state index contributed by atoms with van der Waals surface area (Å²) in [6.07, 6.45) is 1.77. The molecular weight excluding hydrogens is 300 g/mol. The minimum atomic E-state index is -0.969. The number of halogens is 1. The highest BCUT2D eigenvalue weighted by atomic mass is 35.5. The van der Waals surface area contributed by atoms with Gasteiger partial charge in [0.1, 0.15) is 6.07 Å². The van der Waals surface area contributed by atoms with Crippen LogP contribution in [0, 0.1) is 18.3 Å². The minimum absolute atomic E-state index is 0.221. The fourth-order valence-electron chi connectivity index (χ4n) is 2.41. The fourth-order valence-corrected chi connectivity index (χ4v) is 2.56. The van der Waals surface area contributed by atoms with Gasteiger partial charge in [-0.15, -0.1) is 0 Å². The Hall–Kier alpha value is -2.77. The van der Waals surface area contributed by atoms with Crippen LogP contribution in [0.5, 0.6) is 0 Å². The molecule has 22 heavy (non-hydrogen) atoms. The minimum Gasteiger partial charge on any atom is -0.478 e. The van der Waals surface area contributed by atoms with Gasteiger partial charge in [0.15, 0.2) is 0 Å². The lowest BCUT2D eigenvalue weighted by molar-refractivity contribution is 0.0697. The Balaban J connectivity index is 2.24. The molecule has 0 saturated heterocycles. The van der Waals surface area contributed by atoms with Crippen LogP contribution in [0.15, 0.2) is 42.6 Å². The van der Waals surface area contributed by atoms with Crippen molar-refractivity contribution in [1.82, 2.24) is 4.40 Å². The van der Waals surface area contributed by atoms with Crippen LogP contribution in [0.25, 0.3) is 16.8 Å². The largest absolute Gasteiger partial charge is 0.478 e. The zero-order valence-electron chi connectivity index (χ0n) is 11.7. The Kier molecular flexibility index (Phi) is 3.36. The van der Waals surface area contributed by atoms with Crippen LogP contribution in [-0.4, -0.2) is 15.5 Å². The average molecular weight is 311 g/mol. The number of benzene rings is 1. The molecule has 0 atom stereocenters. The monoisotopic (exact) mass is 310 g/mol. The Labute approximate surface area is 131 Å². The number of carboxylic acid groups (broad SMARTS) is 1. The number of aromatic nitrogens is 1. The lowest BCUT2D eigenvalue weighted by Crippen LogP contribution is -1.95. The Morgan fingerprint density at radius 2 is 1.95 bits per heavy atom. The molecule has 0 fully saturated rings. The molecule has 2 aromatic heterocycles. The molecule has 4 nitrogen and oxygen atoms in total. The van der Waals surface area contributed by atoms with E-state index in [-0.39, 0.29) is 5.56 Å². The number of rotatable bonds is 2. The first-order valence-electron chi connectivity index (χ1n) is 6.56. The van der Waals surface area contributed by atoms with Crippen LogP contribution < -0.4 is 0 Å². The van der Waals surface area contributed by atoms with Crippen LogP contribution in [0.3, 0.4) is 0 Å². The third-order valence-electron chi connectivity index (χ3n) is 3.60. The highest BCUT2D eigenvalue weighted by Gasteiger charge is 2.13. The molecule has 108 valence electrons. The summed E-state index contributed by atoms with van der Waals surface area (Å²) in [7, 11) is 0. The van der Waals surface area contributed by atoms with E-state index < -0.39 is 5.97 Å². The zero-order valence-corrected chi connectivity index (χ0v) is 12.4. The number of aromatic carboxylic acids is 1. The summed E-state index contributed by atoms with van der Waals surface area (Å²) in [5.41, 5.74) is 4.07. The fraction of sp³-hybridized carbons (Fsp3) is 0.0588. The molecule has 0 unspecified atom stereocenters. The molecule has 0 aliphatic rings. The predicted molar refractivity (Wildman–Crippen MR) is 84.3 cm³/mol. The summed E-state index contributed by atoms with van der Waals surface area (Å²) in [5.74, 6) is -0.969. The van der Waals surface area contributed by atoms with Crippen molar-refractivity contribution in [1.29, 1.82) is 5.26 Å². The molecule has 0 saturated carbocycles. The highest BCUT2D eigenvalue weighted by molar-refractivity contribution is 6.31. The number of pyridine rings is 1. The van der Waals surface area contributed by atoms with E-state index in [1.807, 2.05) is 17.4 Å². The predicted octanol–water partition coefficient (Wildman–Crippen LogP) is 4.14.